The third-order valence-electron chi connectivity index (χ3n) is 2.84. The zero-order valence-electron chi connectivity index (χ0n) is 11.5. The van der Waals surface area contributed by atoms with Gasteiger partial charge in [-0.3, -0.25) is 0 Å². The number of piperidine rings is 1. The van der Waals surface area contributed by atoms with Crippen molar-refractivity contribution in [3.05, 3.63) is 0 Å². The van der Waals surface area contributed by atoms with Gasteiger partial charge in [0.2, 0.25) is 10.0 Å². The Kier molecular flexibility index (Phi) is 5.90. The summed E-state index contributed by atoms with van der Waals surface area (Å²) < 4.78 is 31.5. The van der Waals surface area contributed by atoms with E-state index in [9.17, 15) is 8.42 Å². The molecule has 0 aromatic rings. The van der Waals surface area contributed by atoms with Crippen molar-refractivity contribution in [2.45, 2.75) is 39.7 Å². The second kappa shape index (κ2) is 6.55. The second-order valence-corrected chi connectivity index (χ2v) is 8.32. The summed E-state index contributed by atoms with van der Waals surface area (Å²) in [5, 5.41) is 0. The number of sulfonamides is 1. The Morgan fingerprint density at radius 1 is 1.28 bits per heavy atom. The molecule has 6 heteroatoms. The summed E-state index contributed by atoms with van der Waals surface area (Å²) >= 11 is 5.56. The Balaban J connectivity index is 2.47. The molecule has 0 amide bonds. The number of nitrogens with zero attached hydrogens (tertiary/aromatic N) is 1. The first-order chi connectivity index (χ1) is 8.24. The van der Waals surface area contributed by atoms with Crippen molar-refractivity contribution in [1.29, 1.82) is 0 Å². The zero-order chi connectivity index (χ0) is 13.8. The molecule has 1 saturated heterocycles. The van der Waals surface area contributed by atoms with E-state index < -0.39 is 10.0 Å². The molecule has 1 fully saturated rings. The molecule has 0 aromatic carbocycles. The fraction of sp³-hybridized carbons (Fsp3) is 1.00. The van der Waals surface area contributed by atoms with E-state index in [4.69, 9.17) is 16.3 Å². The number of hydrogen-bond acceptors (Lipinski definition) is 3. The van der Waals surface area contributed by atoms with Crippen molar-refractivity contribution < 1.29 is 13.2 Å². The minimum Gasteiger partial charge on any atom is -0.377 e. The molecule has 1 aliphatic heterocycles. The molecule has 0 aliphatic carbocycles. The topological polar surface area (TPSA) is 46.6 Å². The number of alkyl halides is 1. The maximum absolute atomic E-state index is 12.2. The average molecular weight is 298 g/mol. The van der Waals surface area contributed by atoms with Crippen LogP contribution < -0.4 is 0 Å². The monoisotopic (exact) mass is 297 g/mol. The fourth-order valence-electron chi connectivity index (χ4n) is 2.13. The molecule has 0 N–H and O–H groups in total. The Morgan fingerprint density at radius 2 is 1.83 bits per heavy atom. The summed E-state index contributed by atoms with van der Waals surface area (Å²) in [6.07, 6.45) is 1.69. The predicted molar refractivity (Wildman–Crippen MR) is 74.5 cm³/mol. The zero-order valence-corrected chi connectivity index (χ0v) is 13.1. The summed E-state index contributed by atoms with van der Waals surface area (Å²) in [6.45, 7) is 7.50. The van der Waals surface area contributed by atoms with Crippen LogP contribution in [0.1, 0.15) is 33.6 Å². The summed E-state index contributed by atoms with van der Waals surface area (Å²) in [7, 11) is -3.13. The minimum absolute atomic E-state index is 0.157. The number of halogens is 1. The molecule has 4 nitrogen and oxygen atoms in total. The van der Waals surface area contributed by atoms with Crippen LogP contribution in [0.4, 0.5) is 0 Å². The van der Waals surface area contributed by atoms with E-state index in [2.05, 4.69) is 0 Å². The highest BCUT2D eigenvalue weighted by molar-refractivity contribution is 7.89. The summed E-state index contributed by atoms with van der Waals surface area (Å²) in [5.41, 5.74) is -0.204. The molecule has 1 heterocycles. The van der Waals surface area contributed by atoms with Crippen molar-refractivity contribution >= 4 is 21.6 Å². The van der Waals surface area contributed by atoms with Crippen LogP contribution in [0.5, 0.6) is 0 Å². The van der Waals surface area contributed by atoms with Crippen molar-refractivity contribution in [3.63, 3.8) is 0 Å². The van der Waals surface area contributed by atoms with E-state index in [0.29, 0.717) is 25.6 Å². The van der Waals surface area contributed by atoms with Gasteiger partial charge in [-0.1, -0.05) is 20.8 Å². The largest absolute Gasteiger partial charge is 0.377 e. The van der Waals surface area contributed by atoms with E-state index in [0.717, 1.165) is 12.8 Å². The molecular formula is C12H24ClNO3S. The normalized spacial score (nSPS) is 20.2. The lowest BCUT2D eigenvalue weighted by Gasteiger charge is -2.32. The predicted octanol–water partition coefficient (Wildman–Crippen LogP) is 2.08. The van der Waals surface area contributed by atoms with E-state index in [1.165, 1.54) is 0 Å². The molecule has 1 rings (SSSR count). The smallest absolute Gasteiger partial charge is 0.214 e. The Hall–Kier alpha value is 0.160. The van der Waals surface area contributed by atoms with Gasteiger partial charge in [-0.25, -0.2) is 12.7 Å². The first-order valence-electron chi connectivity index (χ1n) is 6.40. The first-order valence-corrected chi connectivity index (χ1v) is 8.54. The van der Waals surface area contributed by atoms with Crippen molar-refractivity contribution in [1.82, 2.24) is 4.31 Å². The van der Waals surface area contributed by atoms with Crippen molar-refractivity contribution in [3.8, 4) is 0 Å². The molecule has 0 atom stereocenters. The van der Waals surface area contributed by atoms with Crippen molar-refractivity contribution in [2.75, 3.05) is 31.3 Å². The van der Waals surface area contributed by atoms with E-state index in [1.54, 1.807) is 4.31 Å². The fourth-order valence-corrected chi connectivity index (χ4v) is 4.26. The van der Waals surface area contributed by atoms with Crippen LogP contribution in [0.2, 0.25) is 0 Å². The molecule has 0 aromatic heterocycles. The lowest BCUT2D eigenvalue weighted by molar-refractivity contribution is 0.0300. The van der Waals surface area contributed by atoms with Crippen LogP contribution in [-0.2, 0) is 14.8 Å². The van der Waals surface area contributed by atoms with Gasteiger partial charge in [0, 0.05) is 19.0 Å². The molecule has 0 radical (unpaired) electrons. The maximum Gasteiger partial charge on any atom is 0.214 e. The van der Waals surface area contributed by atoms with Gasteiger partial charge in [0.1, 0.15) is 0 Å². The van der Waals surface area contributed by atoms with E-state index in [1.807, 2.05) is 20.8 Å². The van der Waals surface area contributed by atoms with Gasteiger partial charge in [0.15, 0.2) is 0 Å². The molecule has 0 unspecified atom stereocenters. The lowest BCUT2D eigenvalue weighted by Crippen LogP contribution is -2.43. The van der Waals surface area contributed by atoms with Crippen LogP contribution in [0.25, 0.3) is 0 Å². The van der Waals surface area contributed by atoms with Gasteiger partial charge in [-0.15, -0.1) is 11.6 Å². The number of ether oxygens (including phenoxy) is 1. The SMILES string of the molecule is CC(C)(C)CS(=O)(=O)N1CCC(OCCCl)CC1. The van der Waals surface area contributed by atoms with Gasteiger partial charge < -0.3 is 4.74 Å². The molecule has 0 saturated carbocycles. The third-order valence-corrected chi connectivity index (χ3v) is 5.38. The maximum atomic E-state index is 12.2. The molecule has 0 bridgehead atoms. The molecule has 108 valence electrons. The Morgan fingerprint density at radius 3 is 2.28 bits per heavy atom. The van der Waals surface area contributed by atoms with Gasteiger partial charge in [0.05, 0.1) is 18.5 Å². The highest BCUT2D eigenvalue weighted by Crippen LogP contribution is 2.22. The standard InChI is InChI=1S/C12H24ClNO3S/c1-12(2,3)10-18(15,16)14-7-4-11(5-8-14)17-9-6-13/h11H,4-10H2,1-3H3. The number of rotatable bonds is 5. The van der Waals surface area contributed by atoms with Crippen LogP contribution >= 0.6 is 11.6 Å². The van der Waals surface area contributed by atoms with Crippen LogP contribution in [0.15, 0.2) is 0 Å². The summed E-state index contributed by atoms with van der Waals surface area (Å²) in [4.78, 5) is 0. The summed E-state index contributed by atoms with van der Waals surface area (Å²) in [5.74, 6) is 0.690. The molecular weight excluding hydrogens is 274 g/mol. The van der Waals surface area contributed by atoms with Crippen LogP contribution in [0, 0.1) is 5.41 Å². The van der Waals surface area contributed by atoms with Crippen LogP contribution in [-0.4, -0.2) is 50.2 Å². The van der Waals surface area contributed by atoms with Gasteiger partial charge in [0.25, 0.3) is 0 Å². The third kappa shape index (κ3) is 5.43. The van der Waals surface area contributed by atoms with E-state index in [-0.39, 0.29) is 17.3 Å². The second-order valence-electron chi connectivity index (χ2n) is 5.98. The van der Waals surface area contributed by atoms with Gasteiger partial charge in [-0.2, -0.15) is 0 Å². The quantitative estimate of drug-likeness (QED) is 0.730. The minimum atomic E-state index is -3.13. The lowest BCUT2D eigenvalue weighted by atomic mass is 10.0. The highest BCUT2D eigenvalue weighted by Gasteiger charge is 2.31. The average Bonchev–Trinajstić information content (AvgIpc) is 2.23. The van der Waals surface area contributed by atoms with Gasteiger partial charge >= 0.3 is 0 Å². The highest BCUT2D eigenvalue weighted by atomic mass is 35.5. The van der Waals surface area contributed by atoms with Crippen molar-refractivity contribution in [2.24, 2.45) is 5.41 Å². The van der Waals surface area contributed by atoms with Crippen LogP contribution in [0.3, 0.4) is 0 Å². The first kappa shape index (κ1) is 16.2. The molecule has 18 heavy (non-hydrogen) atoms. The van der Waals surface area contributed by atoms with E-state index >= 15 is 0 Å². The Labute approximate surface area is 116 Å². The molecule has 0 spiro atoms. The Bertz CT molecular complexity index is 343. The number of hydrogen-bond donors (Lipinski definition) is 0. The molecule has 1 aliphatic rings. The van der Waals surface area contributed by atoms with Gasteiger partial charge in [-0.05, 0) is 18.3 Å². The summed E-state index contributed by atoms with van der Waals surface area (Å²) in [6, 6.07) is 0.